The van der Waals surface area contributed by atoms with Gasteiger partial charge in [-0.1, -0.05) is 5.16 Å². The Balaban J connectivity index is 2.31. The summed E-state index contributed by atoms with van der Waals surface area (Å²) >= 11 is 4.62. The van der Waals surface area contributed by atoms with E-state index in [4.69, 9.17) is 4.52 Å². The Bertz CT molecular complexity index is 489. The Labute approximate surface area is 98.5 Å². The molecule has 0 saturated heterocycles. The van der Waals surface area contributed by atoms with E-state index < -0.39 is 11.1 Å². The molecule has 0 fully saturated rings. The lowest BCUT2D eigenvalue weighted by Gasteiger charge is -2.00. The van der Waals surface area contributed by atoms with Crippen molar-refractivity contribution >= 4 is 24.0 Å². The fourth-order valence-corrected chi connectivity index (χ4v) is 2.10. The topological polar surface area (TPSA) is 26.0 Å². The van der Waals surface area contributed by atoms with Crippen molar-refractivity contribution in [3.8, 4) is 10.6 Å². The van der Waals surface area contributed by atoms with Crippen molar-refractivity contribution in [2.75, 3.05) is 0 Å². The summed E-state index contributed by atoms with van der Waals surface area (Å²) < 4.78 is 41.9. The highest BCUT2D eigenvalue weighted by molar-refractivity contribution is 7.79. The van der Waals surface area contributed by atoms with Crippen molar-refractivity contribution in [3.63, 3.8) is 0 Å². The molecule has 0 saturated carbocycles. The number of rotatable bonds is 2. The number of thiophene rings is 1. The van der Waals surface area contributed by atoms with Gasteiger partial charge in [-0.15, -0.1) is 11.3 Å². The normalized spacial score (nSPS) is 12.0. The average Bonchev–Trinajstić information content (AvgIpc) is 2.85. The van der Waals surface area contributed by atoms with Crippen LogP contribution in [0.4, 0.5) is 13.2 Å². The molecular weight excluding hydrogens is 259 g/mol. The van der Waals surface area contributed by atoms with E-state index in [9.17, 15) is 13.2 Å². The average molecular weight is 265 g/mol. The first-order chi connectivity index (χ1) is 7.50. The molecule has 7 heteroatoms. The van der Waals surface area contributed by atoms with Crippen molar-refractivity contribution in [2.24, 2.45) is 0 Å². The summed E-state index contributed by atoms with van der Waals surface area (Å²) in [5.74, 6) is 0.727. The van der Waals surface area contributed by atoms with Gasteiger partial charge < -0.3 is 4.52 Å². The number of hydrogen-bond acceptors (Lipinski definition) is 4. The van der Waals surface area contributed by atoms with Gasteiger partial charge in [-0.3, -0.25) is 0 Å². The lowest BCUT2D eigenvalue weighted by molar-refractivity contribution is -0.134. The van der Waals surface area contributed by atoms with Gasteiger partial charge in [0.25, 0.3) is 0 Å². The minimum Gasteiger partial charge on any atom is -0.355 e. The SMILES string of the molecule is FC(F)(F)c1ccc(-c2cc(CS)no2)s1. The van der Waals surface area contributed by atoms with Crippen molar-refractivity contribution in [2.45, 2.75) is 11.9 Å². The Kier molecular flexibility index (Phi) is 2.98. The van der Waals surface area contributed by atoms with Gasteiger partial charge in [0, 0.05) is 11.8 Å². The van der Waals surface area contributed by atoms with Crippen molar-refractivity contribution in [3.05, 3.63) is 28.8 Å². The van der Waals surface area contributed by atoms with Crippen molar-refractivity contribution in [1.82, 2.24) is 5.16 Å². The smallest absolute Gasteiger partial charge is 0.355 e. The summed E-state index contributed by atoms with van der Waals surface area (Å²) in [5, 5.41) is 3.66. The predicted octanol–water partition coefficient (Wildman–Crippen LogP) is 3.85. The summed E-state index contributed by atoms with van der Waals surface area (Å²) in [4.78, 5) is -0.237. The van der Waals surface area contributed by atoms with E-state index in [-0.39, 0.29) is 0 Å². The van der Waals surface area contributed by atoms with E-state index in [1.165, 1.54) is 6.07 Å². The second kappa shape index (κ2) is 4.14. The highest BCUT2D eigenvalue weighted by atomic mass is 32.1. The molecular formula is C9H6F3NOS2. The van der Waals surface area contributed by atoms with E-state index in [2.05, 4.69) is 17.8 Å². The Morgan fingerprint density at radius 1 is 1.38 bits per heavy atom. The summed E-state index contributed by atoms with van der Waals surface area (Å²) in [6.07, 6.45) is -4.31. The molecule has 0 aliphatic carbocycles. The van der Waals surface area contributed by atoms with Gasteiger partial charge >= 0.3 is 6.18 Å². The zero-order valence-electron chi connectivity index (χ0n) is 7.78. The summed E-state index contributed by atoms with van der Waals surface area (Å²) in [6, 6.07) is 3.98. The number of halogens is 3. The number of alkyl halides is 3. The van der Waals surface area contributed by atoms with E-state index in [0.29, 0.717) is 33.4 Å². The summed E-state index contributed by atoms with van der Waals surface area (Å²) in [7, 11) is 0. The van der Waals surface area contributed by atoms with Gasteiger partial charge in [-0.05, 0) is 12.1 Å². The molecule has 0 radical (unpaired) electrons. The molecule has 86 valence electrons. The second-order valence-electron chi connectivity index (χ2n) is 3.00. The van der Waals surface area contributed by atoms with Gasteiger partial charge in [0.15, 0.2) is 5.76 Å². The van der Waals surface area contributed by atoms with Gasteiger partial charge in [0.1, 0.15) is 4.88 Å². The van der Waals surface area contributed by atoms with Crippen LogP contribution in [0.15, 0.2) is 22.7 Å². The van der Waals surface area contributed by atoms with E-state index in [0.717, 1.165) is 6.07 Å². The number of nitrogens with zero attached hydrogens (tertiary/aromatic N) is 1. The fraction of sp³-hybridized carbons (Fsp3) is 0.222. The third-order valence-corrected chi connectivity index (χ3v) is 3.32. The molecule has 0 aliphatic heterocycles. The molecule has 0 spiro atoms. The van der Waals surface area contributed by atoms with E-state index >= 15 is 0 Å². The molecule has 2 nitrogen and oxygen atoms in total. The van der Waals surface area contributed by atoms with Crippen LogP contribution in [0.5, 0.6) is 0 Å². The van der Waals surface area contributed by atoms with Crippen LogP contribution in [0.3, 0.4) is 0 Å². The Morgan fingerprint density at radius 2 is 2.12 bits per heavy atom. The van der Waals surface area contributed by atoms with Gasteiger partial charge in [-0.25, -0.2) is 0 Å². The highest BCUT2D eigenvalue weighted by Gasteiger charge is 2.32. The molecule has 16 heavy (non-hydrogen) atoms. The maximum Gasteiger partial charge on any atom is 0.425 e. The quantitative estimate of drug-likeness (QED) is 0.835. The van der Waals surface area contributed by atoms with Crippen LogP contribution in [0.25, 0.3) is 10.6 Å². The van der Waals surface area contributed by atoms with Crippen LogP contribution in [0, 0.1) is 0 Å². The monoisotopic (exact) mass is 265 g/mol. The zero-order chi connectivity index (χ0) is 11.8. The molecule has 2 aromatic rings. The molecule has 2 aromatic heterocycles. The maximum absolute atomic E-state index is 12.3. The lowest BCUT2D eigenvalue weighted by Crippen LogP contribution is -2.00. The second-order valence-corrected chi connectivity index (χ2v) is 4.40. The molecule has 0 amide bonds. The largest absolute Gasteiger partial charge is 0.425 e. The third kappa shape index (κ3) is 2.25. The summed E-state index contributed by atoms with van der Waals surface area (Å²) in [5.41, 5.74) is 0.597. The molecule has 0 atom stereocenters. The van der Waals surface area contributed by atoms with Crippen molar-refractivity contribution in [1.29, 1.82) is 0 Å². The minimum absolute atomic E-state index is 0.338. The Hall–Kier alpha value is -0.950. The molecule has 2 rings (SSSR count). The Morgan fingerprint density at radius 3 is 2.62 bits per heavy atom. The molecule has 2 heterocycles. The first kappa shape index (κ1) is 11.5. The number of thiol groups is 1. The van der Waals surface area contributed by atoms with Crippen LogP contribution in [0.2, 0.25) is 0 Å². The first-order valence-corrected chi connectivity index (χ1v) is 5.69. The third-order valence-electron chi connectivity index (χ3n) is 1.85. The number of hydrogen-bond donors (Lipinski definition) is 1. The van der Waals surface area contributed by atoms with Crippen LogP contribution in [-0.2, 0) is 11.9 Å². The van der Waals surface area contributed by atoms with Gasteiger partial charge in [0.05, 0.1) is 10.6 Å². The van der Waals surface area contributed by atoms with Gasteiger partial charge in [-0.2, -0.15) is 25.8 Å². The molecule has 0 unspecified atom stereocenters. The molecule has 0 aliphatic rings. The first-order valence-electron chi connectivity index (χ1n) is 4.24. The predicted molar refractivity (Wildman–Crippen MR) is 57.5 cm³/mol. The minimum atomic E-state index is -4.31. The van der Waals surface area contributed by atoms with Crippen LogP contribution in [-0.4, -0.2) is 5.16 Å². The number of aromatic nitrogens is 1. The van der Waals surface area contributed by atoms with Crippen LogP contribution >= 0.6 is 24.0 Å². The molecule has 0 aromatic carbocycles. The van der Waals surface area contributed by atoms with E-state index in [1.807, 2.05) is 0 Å². The van der Waals surface area contributed by atoms with Crippen LogP contribution < -0.4 is 0 Å². The lowest BCUT2D eigenvalue weighted by atomic mass is 10.3. The zero-order valence-corrected chi connectivity index (χ0v) is 9.49. The maximum atomic E-state index is 12.3. The standard InChI is InChI=1S/C9H6F3NOS2/c10-9(11,12)8-2-1-7(16-8)6-3-5(4-15)13-14-6/h1-3,15H,4H2. The highest BCUT2D eigenvalue weighted by Crippen LogP contribution is 2.38. The van der Waals surface area contributed by atoms with Gasteiger partial charge in [0.2, 0.25) is 0 Å². The molecule has 0 N–H and O–H groups in total. The van der Waals surface area contributed by atoms with E-state index in [1.54, 1.807) is 6.07 Å². The van der Waals surface area contributed by atoms with Crippen molar-refractivity contribution < 1.29 is 17.7 Å². The fourth-order valence-electron chi connectivity index (χ4n) is 1.13. The molecule has 0 bridgehead atoms. The van der Waals surface area contributed by atoms with Crippen LogP contribution in [0.1, 0.15) is 10.6 Å². The summed E-state index contributed by atoms with van der Waals surface area (Å²) in [6.45, 7) is 0.